The van der Waals surface area contributed by atoms with Crippen molar-refractivity contribution in [3.05, 3.63) is 77.4 Å². The summed E-state index contributed by atoms with van der Waals surface area (Å²) >= 11 is 0. The Hall–Kier alpha value is -3.52. The topological polar surface area (TPSA) is 135 Å². The molecule has 1 heterocycles. The van der Waals surface area contributed by atoms with E-state index in [1.54, 1.807) is 37.3 Å². The number of aryl methyl sites for hydroxylation is 2. The number of allylic oxidation sites excluding steroid dienone is 2. The number of benzene rings is 2. The molecule has 4 rings (SSSR count). The van der Waals surface area contributed by atoms with Crippen LogP contribution in [0.1, 0.15) is 30.0 Å². The quantitative estimate of drug-likeness (QED) is 0.382. The molecule has 1 atom stereocenters. The summed E-state index contributed by atoms with van der Waals surface area (Å²) in [4.78, 5) is 33.5. The van der Waals surface area contributed by atoms with Crippen LogP contribution in [0, 0.1) is 13.8 Å². The number of rotatable bonds is 5. The molecule has 1 unspecified atom stereocenters. The van der Waals surface area contributed by atoms with Gasteiger partial charge in [-0.2, -0.15) is 15.2 Å². The van der Waals surface area contributed by atoms with E-state index < -0.39 is 18.8 Å². The highest BCUT2D eigenvalue weighted by Crippen LogP contribution is 2.55. The van der Waals surface area contributed by atoms with Gasteiger partial charge in [0.15, 0.2) is 11.0 Å². The number of aromatic hydroxyl groups is 1. The molecule has 0 radical (unpaired) electrons. The number of hydrazone groups is 2. The third-order valence-electron chi connectivity index (χ3n) is 5.98. The molecule has 0 saturated heterocycles. The highest BCUT2D eigenvalue weighted by molar-refractivity contribution is 7.53. The fraction of sp³-hybridized carbons (Fsp3) is 0.208. The van der Waals surface area contributed by atoms with Crippen LogP contribution in [0.2, 0.25) is 0 Å². The number of nitrogens with one attached hydrogen (secondary N) is 1. The number of phenolic OH excluding ortho intramolecular Hbond substituents is 1. The summed E-state index contributed by atoms with van der Waals surface area (Å²) in [5.74, 6) is -0.515. The van der Waals surface area contributed by atoms with E-state index in [2.05, 4.69) is 15.6 Å². The second kappa shape index (κ2) is 8.68. The molecule has 0 spiro atoms. The Morgan fingerprint density at radius 2 is 1.85 bits per heavy atom. The molecule has 2 aromatic rings. The van der Waals surface area contributed by atoms with Gasteiger partial charge >= 0.3 is 13.5 Å². The molecule has 0 aromatic heterocycles. The standard InChI is InChI=1S/C24H25N4O5P/c1-15-10-11-19(13-16(15)2)28-23(30)22(17(3)26-28)25-27-24(34(31,32)33)12-6-7-18(14-24)20-8-4-5-9-21(20)29/h4-13,27,29H,14H2,1-3H3,(H2,31,32,33). The van der Waals surface area contributed by atoms with Crippen LogP contribution in [0.15, 0.2) is 70.9 Å². The van der Waals surface area contributed by atoms with Gasteiger partial charge in [-0.25, -0.2) is 0 Å². The van der Waals surface area contributed by atoms with Gasteiger partial charge in [-0.3, -0.25) is 14.8 Å². The molecule has 176 valence electrons. The maximum atomic E-state index is 13.1. The van der Waals surface area contributed by atoms with Crippen LogP contribution in [0.5, 0.6) is 5.75 Å². The van der Waals surface area contributed by atoms with Gasteiger partial charge in [0.05, 0.1) is 11.4 Å². The molecule has 4 N–H and O–H groups in total. The molecule has 34 heavy (non-hydrogen) atoms. The van der Waals surface area contributed by atoms with E-state index in [4.69, 9.17) is 0 Å². The zero-order chi connectivity index (χ0) is 24.7. The lowest BCUT2D eigenvalue weighted by Crippen LogP contribution is -2.43. The minimum atomic E-state index is -4.82. The first-order chi connectivity index (χ1) is 16.0. The number of anilines is 1. The van der Waals surface area contributed by atoms with Crippen molar-refractivity contribution in [2.75, 3.05) is 5.01 Å². The van der Waals surface area contributed by atoms with Gasteiger partial charge in [-0.15, -0.1) is 0 Å². The van der Waals surface area contributed by atoms with Crippen molar-refractivity contribution in [1.82, 2.24) is 5.43 Å². The van der Waals surface area contributed by atoms with E-state index in [0.717, 1.165) is 11.1 Å². The average molecular weight is 480 g/mol. The summed E-state index contributed by atoms with van der Waals surface area (Å²) in [5.41, 5.74) is 6.46. The molecule has 2 aromatic carbocycles. The van der Waals surface area contributed by atoms with E-state index in [-0.39, 0.29) is 17.9 Å². The Bertz CT molecular complexity index is 1340. The number of para-hydroxylation sites is 1. The predicted octanol–water partition coefficient (Wildman–Crippen LogP) is 3.59. The molecule has 1 aliphatic carbocycles. The van der Waals surface area contributed by atoms with Crippen molar-refractivity contribution in [3.63, 3.8) is 0 Å². The van der Waals surface area contributed by atoms with Crippen LogP contribution < -0.4 is 10.4 Å². The maximum absolute atomic E-state index is 13.1. The normalized spacial score (nSPS) is 21.6. The zero-order valence-electron chi connectivity index (χ0n) is 18.9. The van der Waals surface area contributed by atoms with Crippen LogP contribution in [-0.2, 0) is 9.36 Å². The first kappa shape index (κ1) is 23.6. The molecular weight excluding hydrogens is 455 g/mol. The number of amides is 1. The lowest BCUT2D eigenvalue weighted by Gasteiger charge is -2.34. The lowest BCUT2D eigenvalue weighted by atomic mass is 9.93. The molecule has 1 aliphatic heterocycles. The smallest absolute Gasteiger partial charge is 0.356 e. The van der Waals surface area contributed by atoms with Gasteiger partial charge in [-0.05, 0) is 61.7 Å². The molecule has 1 amide bonds. The first-order valence-corrected chi connectivity index (χ1v) is 12.2. The van der Waals surface area contributed by atoms with Gasteiger partial charge in [-0.1, -0.05) is 36.4 Å². The molecule has 0 fully saturated rings. The van der Waals surface area contributed by atoms with E-state index in [1.165, 1.54) is 23.2 Å². The Kier molecular flexibility index (Phi) is 6.03. The molecule has 0 saturated carbocycles. The SMILES string of the molecule is CC1=NN(c2ccc(C)c(C)c2)C(=O)C1=NNC1(P(=O)(O)O)C=CC=C(c2ccccc2O)C1. The van der Waals surface area contributed by atoms with E-state index in [9.17, 15) is 24.3 Å². The van der Waals surface area contributed by atoms with E-state index in [0.29, 0.717) is 22.5 Å². The Balaban J connectivity index is 1.64. The van der Waals surface area contributed by atoms with Crippen molar-refractivity contribution in [2.45, 2.75) is 32.5 Å². The van der Waals surface area contributed by atoms with Gasteiger partial charge in [0.25, 0.3) is 0 Å². The van der Waals surface area contributed by atoms with Crippen LogP contribution in [-0.4, -0.2) is 37.5 Å². The second-order valence-electron chi connectivity index (χ2n) is 8.36. The molecular formula is C24H25N4O5P. The lowest BCUT2D eigenvalue weighted by molar-refractivity contribution is -0.112. The van der Waals surface area contributed by atoms with Crippen LogP contribution in [0.3, 0.4) is 0 Å². The Morgan fingerprint density at radius 1 is 1.12 bits per heavy atom. The monoisotopic (exact) mass is 480 g/mol. The van der Waals surface area contributed by atoms with Crippen molar-refractivity contribution < 1.29 is 24.3 Å². The fourth-order valence-corrected chi connectivity index (χ4v) is 4.65. The van der Waals surface area contributed by atoms with E-state index in [1.807, 2.05) is 26.0 Å². The number of hydrogen-bond acceptors (Lipinski definition) is 6. The van der Waals surface area contributed by atoms with Gasteiger partial charge in [0.2, 0.25) is 0 Å². The van der Waals surface area contributed by atoms with Crippen molar-refractivity contribution >= 4 is 36.2 Å². The number of nitrogens with zero attached hydrogens (tertiary/aromatic N) is 3. The van der Waals surface area contributed by atoms with Crippen LogP contribution in [0.4, 0.5) is 5.69 Å². The summed E-state index contributed by atoms with van der Waals surface area (Å²) in [6.07, 6.45) is 4.34. The van der Waals surface area contributed by atoms with Gasteiger partial charge in [0.1, 0.15) is 5.75 Å². The Morgan fingerprint density at radius 3 is 2.53 bits per heavy atom. The molecule has 0 bridgehead atoms. The third kappa shape index (κ3) is 4.21. The Labute approximate surface area is 197 Å². The minimum absolute atomic E-state index is 0.00652. The summed E-state index contributed by atoms with van der Waals surface area (Å²) in [6.45, 7) is 5.50. The highest BCUT2D eigenvalue weighted by atomic mass is 31.2. The summed E-state index contributed by atoms with van der Waals surface area (Å²) in [6, 6.07) is 12.0. The minimum Gasteiger partial charge on any atom is -0.507 e. The number of carbonyl (C=O) groups is 1. The second-order valence-corrected chi connectivity index (χ2v) is 10.2. The number of phenols is 1. The number of hydrogen-bond donors (Lipinski definition) is 4. The maximum Gasteiger partial charge on any atom is 0.356 e. The largest absolute Gasteiger partial charge is 0.507 e. The zero-order valence-corrected chi connectivity index (χ0v) is 19.8. The van der Waals surface area contributed by atoms with Crippen LogP contribution >= 0.6 is 7.60 Å². The van der Waals surface area contributed by atoms with Gasteiger partial charge in [0, 0.05) is 12.0 Å². The third-order valence-corrected chi connectivity index (χ3v) is 7.43. The molecule has 9 nitrogen and oxygen atoms in total. The molecule has 10 heteroatoms. The summed E-state index contributed by atoms with van der Waals surface area (Å²) in [5, 5.41) is 17.9. The first-order valence-electron chi connectivity index (χ1n) is 10.6. The average Bonchev–Trinajstić information content (AvgIpc) is 3.07. The van der Waals surface area contributed by atoms with Crippen molar-refractivity contribution in [1.29, 1.82) is 0 Å². The fourth-order valence-electron chi connectivity index (χ4n) is 3.82. The highest BCUT2D eigenvalue weighted by Gasteiger charge is 2.47. The van der Waals surface area contributed by atoms with Gasteiger partial charge < -0.3 is 14.9 Å². The summed E-state index contributed by atoms with van der Waals surface area (Å²) in [7, 11) is -4.82. The predicted molar refractivity (Wildman–Crippen MR) is 132 cm³/mol. The number of carbonyl (C=O) groups excluding carboxylic acids is 1. The van der Waals surface area contributed by atoms with Crippen LogP contribution in [0.25, 0.3) is 5.57 Å². The molecule has 2 aliphatic rings. The van der Waals surface area contributed by atoms with E-state index >= 15 is 0 Å². The van der Waals surface area contributed by atoms with Crippen molar-refractivity contribution in [3.8, 4) is 5.75 Å². The summed E-state index contributed by atoms with van der Waals surface area (Å²) < 4.78 is 12.6. The van der Waals surface area contributed by atoms with Crippen molar-refractivity contribution in [2.24, 2.45) is 10.2 Å².